The third-order valence-electron chi connectivity index (χ3n) is 8.50. The molecule has 2 aromatic carbocycles. The molecule has 1 saturated carbocycles. The van der Waals surface area contributed by atoms with Crippen molar-refractivity contribution in [2.75, 3.05) is 11.3 Å². The van der Waals surface area contributed by atoms with Gasteiger partial charge in [-0.25, -0.2) is 26.3 Å². The van der Waals surface area contributed by atoms with Crippen molar-refractivity contribution >= 4 is 42.1 Å². The molecule has 2 unspecified atom stereocenters. The number of hydrogen-bond acceptors (Lipinski definition) is 9. The highest BCUT2D eigenvalue weighted by Gasteiger charge is 2.36. The fourth-order valence-corrected chi connectivity index (χ4v) is 9.36. The third kappa shape index (κ3) is 6.91. The summed E-state index contributed by atoms with van der Waals surface area (Å²) in [5, 5.41) is 27.8. The number of piperidine rings is 1. The summed E-state index contributed by atoms with van der Waals surface area (Å²) in [6, 6.07) is 16.3. The summed E-state index contributed by atoms with van der Waals surface area (Å²) in [6.45, 7) is -0.0648. The Kier molecular flexibility index (Phi) is 9.00. The zero-order chi connectivity index (χ0) is 34.4. The van der Waals surface area contributed by atoms with Crippen LogP contribution in [0.25, 0.3) is 22.3 Å². The number of aliphatic hydroxyl groups is 1. The first-order valence-electron chi connectivity index (χ1n) is 15.0. The lowest BCUT2D eigenvalue weighted by Gasteiger charge is -2.31. The van der Waals surface area contributed by atoms with Crippen LogP contribution in [0.1, 0.15) is 53.3 Å². The number of aromatic nitrogens is 2. The number of nitrogens with two attached hydrogens (primary N) is 1. The molecule has 2 atom stereocenters. The molecule has 1 saturated heterocycles. The zero-order valence-electron chi connectivity index (χ0n) is 25.4. The van der Waals surface area contributed by atoms with Gasteiger partial charge in [-0.2, -0.15) is 21.6 Å². The van der Waals surface area contributed by atoms with Crippen LogP contribution in [-0.4, -0.2) is 67.3 Å². The van der Waals surface area contributed by atoms with E-state index in [0.29, 0.717) is 58.6 Å². The molecule has 256 valence electrons. The van der Waals surface area contributed by atoms with E-state index in [-0.39, 0.29) is 17.2 Å². The van der Waals surface area contributed by atoms with Crippen molar-refractivity contribution in [1.29, 1.82) is 0 Å². The second kappa shape index (κ2) is 12.8. The summed E-state index contributed by atoms with van der Waals surface area (Å²) in [7, 11) is -11.9. The SMILES string of the molecule is NS(=O)(=O)n1ccc(-c2ccc(C3CCNC(NS(=O)(=O)n4ccc(-c5ccc(NS(=O)(=O)C6CC6)cc5)c4C(=O)O)C3)cc2)c1CO. The average Bonchev–Trinajstić information content (AvgIpc) is 3.65. The zero-order valence-corrected chi connectivity index (χ0v) is 27.8. The molecule has 0 radical (unpaired) electrons. The maximum Gasteiger partial charge on any atom is 0.354 e. The number of anilines is 1. The average molecular weight is 719 g/mol. The van der Waals surface area contributed by atoms with E-state index >= 15 is 0 Å². The van der Waals surface area contributed by atoms with Crippen molar-refractivity contribution in [3.05, 3.63) is 90.0 Å². The number of sulfonamides is 1. The molecule has 15 nitrogen and oxygen atoms in total. The first-order valence-corrected chi connectivity index (χ1v) is 19.4. The van der Waals surface area contributed by atoms with Crippen LogP contribution < -0.4 is 19.9 Å². The molecule has 1 aliphatic carbocycles. The minimum atomic E-state index is -4.38. The number of carbonyl (C=O) groups is 1. The van der Waals surface area contributed by atoms with Crippen LogP contribution in [0.15, 0.2) is 73.1 Å². The Balaban J connectivity index is 1.17. The number of nitrogens with zero attached hydrogens (tertiary/aromatic N) is 2. The van der Waals surface area contributed by atoms with Gasteiger partial charge >= 0.3 is 26.4 Å². The van der Waals surface area contributed by atoms with Gasteiger partial charge in [0.2, 0.25) is 10.0 Å². The first-order chi connectivity index (χ1) is 22.7. The maximum atomic E-state index is 13.5. The number of benzene rings is 2. The van der Waals surface area contributed by atoms with Crippen molar-refractivity contribution in [2.24, 2.45) is 5.14 Å². The monoisotopic (exact) mass is 718 g/mol. The van der Waals surface area contributed by atoms with Crippen LogP contribution in [0, 0.1) is 0 Å². The van der Waals surface area contributed by atoms with Gasteiger partial charge in [-0.1, -0.05) is 36.4 Å². The van der Waals surface area contributed by atoms with Crippen molar-refractivity contribution in [3.63, 3.8) is 0 Å². The van der Waals surface area contributed by atoms with Gasteiger partial charge < -0.3 is 15.5 Å². The molecule has 0 bridgehead atoms. The molecule has 4 aromatic rings. The summed E-state index contributed by atoms with van der Waals surface area (Å²) in [5.41, 5.74) is 2.58. The van der Waals surface area contributed by atoms with Crippen molar-refractivity contribution in [3.8, 4) is 22.3 Å². The van der Waals surface area contributed by atoms with Crippen LogP contribution in [0.4, 0.5) is 5.69 Å². The van der Waals surface area contributed by atoms with Crippen LogP contribution >= 0.6 is 0 Å². The highest BCUT2D eigenvalue weighted by Crippen LogP contribution is 2.33. The van der Waals surface area contributed by atoms with Crippen LogP contribution in [0.3, 0.4) is 0 Å². The number of carboxylic acid groups (broad SMARTS) is 1. The van der Waals surface area contributed by atoms with E-state index in [4.69, 9.17) is 5.14 Å². The summed E-state index contributed by atoms with van der Waals surface area (Å²) < 4.78 is 81.9. The molecule has 2 aromatic heterocycles. The van der Waals surface area contributed by atoms with Crippen molar-refractivity contribution < 1.29 is 40.3 Å². The molecule has 6 rings (SSSR count). The lowest BCUT2D eigenvalue weighted by Crippen LogP contribution is -2.51. The van der Waals surface area contributed by atoms with Crippen LogP contribution in [-0.2, 0) is 37.0 Å². The van der Waals surface area contributed by atoms with E-state index < -0.39 is 60.1 Å². The van der Waals surface area contributed by atoms with E-state index in [1.165, 1.54) is 36.5 Å². The Morgan fingerprint density at radius 1 is 0.854 bits per heavy atom. The fraction of sp³-hybridized carbons (Fsp3) is 0.300. The summed E-state index contributed by atoms with van der Waals surface area (Å²) in [4.78, 5) is 12.3. The van der Waals surface area contributed by atoms with E-state index in [2.05, 4.69) is 14.8 Å². The molecule has 48 heavy (non-hydrogen) atoms. The van der Waals surface area contributed by atoms with Gasteiger partial charge in [0, 0.05) is 29.2 Å². The maximum absolute atomic E-state index is 13.5. The fourth-order valence-electron chi connectivity index (χ4n) is 5.99. The van der Waals surface area contributed by atoms with Crippen molar-refractivity contribution in [2.45, 2.75) is 49.6 Å². The molecular weight excluding hydrogens is 685 g/mol. The molecule has 0 spiro atoms. The largest absolute Gasteiger partial charge is 0.477 e. The molecule has 3 heterocycles. The van der Waals surface area contributed by atoms with E-state index in [1.54, 1.807) is 18.2 Å². The number of hydrogen-bond donors (Lipinski definition) is 6. The smallest absolute Gasteiger partial charge is 0.354 e. The Labute approximate surface area is 277 Å². The lowest BCUT2D eigenvalue weighted by molar-refractivity contribution is 0.0690. The van der Waals surface area contributed by atoms with Crippen LogP contribution in [0.5, 0.6) is 0 Å². The first kappa shape index (κ1) is 33.8. The van der Waals surface area contributed by atoms with Gasteiger partial charge in [0.15, 0.2) is 5.69 Å². The van der Waals surface area contributed by atoms with Crippen molar-refractivity contribution in [1.82, 2.24) is 18.0 Å². The van der Waals surface area contributed by atoms with Gasteiger partial charge in [-0.05, 0) is 79.1 Å². The predicted octanol–water partition coefficient (Wildman–Crippen LogP) is 1.95. The predicted molar refractivity (Wildman–Crippen MR) is 178 cm³/mol. The minimum absolute atomic E-state index is 0.0608. The molecular formula is C30H34N6O9S3. The number of aromatic carboxylic acids is 1. The summed E-state index contributed by atoms with van der Waals surface area (Å²) in [5.74, 6) is -1.52. The highest BCUT2D eigenvalue weighted by molar-refractivity contribution is 7.93. The quantitative estimate of drug-likeness (QED) is 0.125. The van der Waals surface area contributed by atoms with Gasteiger partial charge in [0.25, 0.3) is 0 Å². The summed E-state index contributed by atoms with van der Waals surface area (Å²) in [6.07, 6.45) is 3.98. The molecule has 0 amide bonds. The molecule has 2 aliphatic rings. The van der Waals surface area contributed by atoms with E-state index in [9.17, 15) is 40.3 Å². The van der Waals surface area contributed by atoms with Gasteiger partial charge in [0.05, 0.1) is 23.7 Å². The third-order valence-corrected chi connectivity index (χ3v) is 12.7. The number of carboxylic acids is 1. The molecule has 1 aliphatic heterocycles. The number of nitrogens with one attached hydrogen (secondary N) is 3. The van der Waals surface area contributed by atoms with Gasteiger partial charge in [-0.3, -0.25) is 4.72 Å². The highest BCUT2D eigenvalue weighted by atomic mass is 32.2. The number of aliphatic hydroxyl groups excluding tert-OH is 1. The molecule has 18 heteroatoms. The molecule has 7 N–H and O–H groups in total. The number of rotatable bonds is 12. The Hall–Kier alpha value is -4.04. The Morgan fingerprint density at radius 3 is 2.06 bits per heavy atom. The topological polar surface area (TPSA) is 232 Å². The summed E-state index contributed by atoms with van der Waals surface area (Å²) >= 11 is 0. The second-order valence-corrected chi connectivity index (χ2v) is 16.7. The van der Waals surface area contributed by atoms with Gasteiger partial charge in [-0.15, -0.1) is 0 Å². The lowest BCUT2D eigenvalue weighted by atomic mass is 9.88. The Morgan fingerprint density at radius 2 is 1.46 bits per heavy atom. The Bertz CT molecular complexity index is 2170. The molecule has 2 fully saturated rings. The van der Waals surface area contributed by atoms with E-state index in [0.717, 1.165) is 15.7 Å². The normalized spacial score (nSPS) is 18.9. The van der Waals surface area contributed by atoms with Gasteiger partial charge in [0.1, 0.15) is 0 Å². The van der Waals surface area contributed by atoms with E-state index in [1.807, 2.05) is 12.1 Å². The minimum Gasteiger partial charge on any atom is -0.477 e. The second-order valence-electron chi connectivity index (χ2n) is 11.8. The standard InChI is InChI=1S/C30H34N6O9S3/c31-47(42,43)35-15-12-25(27(35)18-37)20-3-1-19(2-4-20)22-11-14-32-28(17-22)34-48(44,45)36-16-13-26(29(36)30(38)39)21-5-7-23(8-6-21)33-46(40,41)24-9-10-24/h1-8,12-13,15-16,22,24,28,32-34,37H,9-11,14,17-18H2,(H,38,39)(H2,31,42,43). The van der Waals surface area contributed by atoms with Crippen LogP contribution in [0.2, 0.25) is 0 Å².